The predicted molar refractivity (Wildman–Crippen MR) is 98.8 cm³/mol. The largest absolute Gasteiger partial charge is 0.378 e. The maximum atomic E-state index is 12.1. The van der Waals surface area contributed by atoms with Crippen LogP contribution in [0.5, 0.6) is 0 Å². The van der Waals surface area contributed by atoms with E-state index in [-0.39, 0.29) is 36.4 Å². The summed E-state index contributed by atoms with van der Waals surface area (Å²) in [6.07, 6.45) is 1.26. The van der Waals surface area contributed by atoms with Crippen molar-refractivity contribution in [2.45, 2.75) is 44.6 Å². The Hall–Kier alpha value is -1.48. The highest BCUT2D eigenvalue weighted by Gasteiger charge is 2.14. The molecular formula is C17H29N3O4S. The second kappa shape index (κ2) is 10.5. The number of rotatable bonds is 11. The summed E-state index contributed by atoms with van der Waals surface area (Å²) in [5.41, 5.74) is 5.73. The van der Waals surface area contributed by atoms with Crippen molar-refractivity contribution in [1.82, 2.24) is 4.72 Å². The summed E-state index contributed by atoms with van der Waals surface area (Å²) in [5, 5.41) is 2.69. The number of nitrogens with two attached hydrogens (primary N) is 1. The number of hydrogen-bond acceptors (Lipinski definition) is 5. The summed E-state index contributed by atoms with van der Waals surface area (Å²) in [6.45, 7) is 6.93. The van der Waals surface area contributed by atoms with Gasteiger partial charge in [0.25, 0.3) is 0 Å². The van der Waals surface area contributed by atoms with Gasteiger partial charge in [-0.25, -0.2) is 13.1 Å². The number of amides is 1. The summed E-state index contributed by atoms with van der Waals surface area (Å²) in [7, 11) is -3.63. The average Bonchev–Trinajstić information content (AvgIpc) is 2.52. The lowest BCUT2D eigenvalue weighted by Gasteiger charge is -2.15. The number of ether oxygens (including phenoxy) is 1. The van der Waals surface area contributed by atoms with Gasteiger partial charge in [0, 0.05) is 18.8 Å². The fourth-order valence-electron chi connectivity index (χ4n) is 2.33. The summed E-state index contributed by atoms with van der Waals surface area (Å²) in [4.78, 5) is 12.1. The molecule has 0 aliphatic rings. The molecule has 0 aliphatic carbocycles. The first-order valence-electron chi connectivity index (χ1n) is 8.46. The van der Waals surface area contributed by atoms with E-state index >= 15 is 0 Å². The van der Waals surface area contributed by atoms with Crippen molar-refractivity contribution in [3.8, 4) is 0 Å². The van der Waals surface area contributed by atoms with Gasteiger partial charge in [0.2, 0.25) is 15.9 Å². The standard InChI is InChI=1S/C17H29N3O4S/c1-13(2)11-14(3)24-10-7-17(21)20-15-5-4-6-16(12-15)25(22,23)19-9-8-18/h4-6,12-14,19H,7-11,18H2,1-3H3,(H,20,21). The SMILES string of the molecule is CC(C)CC(C)OCCC(=O)Nc1cccc(S(=O)(=O)NCCN)c1. The van der Waals surface area contributed by atoms with Crippen LogP contribution < -0.4 is 15.8 Å². The highest BCUT2D eigenvalue weighted by Crippen LogP contribution is 2.15. The van der Waals surface area contributed by atoms with Crippen LogP contribution in [-0.2, 0) is 19.6 Å². The van der Waals surface area contributed by atoms with Gasteiger partial charge in [-0.1, -0.05) is 19.9 Å². The maximum absolute atomic E-state index is 12.1. The van der Waals surface area contributed by atoms with Gasteiger partial charge in [-0.2, -0.15) is 0 Å². The number of carbonyl (C=O) groups is 1. The molecule has 0 aromatic heterocycles. The van der Waals surface area contributed by atoms with E-state index < -0.39 is 10.0 Å². The lowest BCUT2D eigenvalue weighted by atomic mass is 10.1. The Morgan fingerprint density at radius 1 is 1.28 bits per heavy atom. The molecule has 0 heterocycles. The Balaban J connectivity index is 2.54. The van der Waals surface area contributed by atoms with Crippen molar-refractivity contribution in [2.75, 3.05) is 25.0 Å². The second-order valence-corrected chi connectivity index (χ2v) is 8.09. The third-order valence-electron chi connectivity index (χ3n) is 3.40. The minimum absolute atomic E-state index is 0.0838. The molecule has 1 unspecified atom stereocenters. The van der Waals surface area contributed by atoms with Crippen molar-refractivity contribution < 1.29 is 17.9 Å². The van der Waals surface area contributed by atoms with Crippen LogP contribution in [0.3, 0.4) is 0 Å². The number of sulfonamides is 1. The highest BCUT2D eigenvalue weighted by molar-refractivity contribution is 7.89. The predicted octanol–water partition coefficient (Wildman–Crippen LogP) is 1.70. The second-order valence-electron chi connectivity index (χ2n) is 6.32. The van der Waals surface area contributed by atoms with E-state index in [2.05, 4.69) is 23.9 Å². The van der Waals surface area contributed by atoms with Crippen LogP contribution in [0.1, 0.15) is 33.6 Å². The molecule has 4 N–H and O–H groups in total. The van der Waals surface area contributed by atoms with Gasteiger partial charge in [0.1, 0.15) is 0 Å². The molecule has 7 nitrogen and oxygen atoms in total. The zero-order valence-electron chi connectivity index (χ0n) is 15.1. The van der Waals surface area contributed by atoms with Gasteiger partial charge in [-0.3, -0.25) is 4.79 Å². The molecule has 0 saturated heterocycles. The lowest BCUT2D eigenvalue weighted by Crippen LogP contribution is -2.29. The Morgan fingerprint density at radius 2 is 2.00 bits per heavy atom. The fourth-order valence-corrected chi connectivity index (χ4v) is 3.42. The molecule has 1 rings (SSSR count). The fraction of sp³-hybridized carbons (Fsp3) is 0.588. The van der Waals surface area contributed by atoms with E-state index in [0.717, 1.165) is 6.42 Å². The van der Waals surface area contributed by atoms with E-state index in [1.807, 2.05) is 6.92 Å². The molecule has 0 bridgehead atoms. The van der Waals surface area contributed by atoms with E-state index in [9.17, 15) is 13.2 Å². The van der Waals surface area contributed by atoms with Crippen LogP contribution >= 0.6 is 0 Å². The monoisotopic (exact) mass is 371 g/mol. The summed E-state index contributed by atoms with van der Waals surface area (Å²) < 4.78 is 32.1. The first-order chi connectivity index (χ1) is 11.7. The minimum Gasteiger partial charge on any atom is -0.378 e. The molecule has 8 heteroatoms. The van der Waals surface area contributed by atoms with Crippen molar-refractivity contribution in [3.63, 3.8) is 0 Å². The molecule has 142 valence electrons. The topological polar surface area (TPSA) is 111 Å². The normalized spacial score (nSPS) is 13.0. The van der Waals surface area contributed by atoms with Gasteiger partial charge in [0.05, 0.1) is 24.0 Å². The van der Waals surface area contributed by atoms with Gasteiger partial charge >= 0.3 is 0 Å². The van der Waals surface area contributed by atoms with E-state index in [1.165, 1.54) is 12.1 Å². The van der Waals surface area contributed by atoms with Crippen molar-refractivity contribution >= 4 is 21.6 Å². The zero-order chi connectivity index (χ0) is 18.9. The van der Waals surface area contributed by atoms with Crippen LogP contribution in [0, 0.1) is 5.92 Å². The van der Waals surface area contributed by atoms with Crippen LogP contribution in [0.25, 0.3) is 0 Å². The number of hydrogen-bond donors (Lipinski definition) is 3. The average molecular weight is 372 g/mol. The van der Waals surface area contributed by atoms with Gasteiger partial charge in [-0.15, -0.1) is 0 Å². The molecule has 0 radical (unpaired) electrons. The third kappa shape index (κ3) is 8.44. The van der Waals surface area contributed by atoms with Crippen LogP contribution in [-0.4, -0.2) is 40.1 Å². The summed E-state index contributed by atoms with van der Waals surface area (Å²) in [6, 6.07) is 6.10. The molecule has 1 aromatic carbocycles. The molecule has 0 saturated carbocycles. The molecule has 0 fully saturated rings. The number of benzene rings is 1. The Labute approximate surface area is 150 Å². The number of anilines is 1. The van der Waals surface area contributed by atoms with Crippen LogP contribution in [0.15, 0.2) is 29.2 Å². The Morgan fingerprint density at radius 3 is 2.64 bits per heavy atom. The lowest BCUT2D eigenvalue weighted by molar-refractivity contribution is -0.117. The van der Waals surface area contributed by atoms with E-state index in [1.54, 1.807) is 12.1 Å². The van der Waals surface area contributed by atoms with Gasteiger partial charge in [0.15, 0.2) is 0 Å². The molecular weight excluding hydrogens is 342 g/mol. The first-order valence-corrected chi connectivity index (χ1v) is 9.94. The summed E-state index contributed by atoms with van der Waals surface area (Å²) in [5.74, 6) is 0.322. The zero-order valence-corrected chi connectivity index (χ0v) is 15.9. The van der Waals surface area contributed by atoms with Crippen molar-refractivity contribution in [2.24, 2.45) is 11.7 Å². The molecule has 25 heavy (non-hydrogen) atoms. The molecule has 1 aromatic rings. The number of carbonyl (C=O) groups excluding carboxylic acids is 1. The van der Waals surface area contributed by atoms with Gasteiger partial charge < -0.3 is 15.8 Å². The Bertz CT molecular complexity index is 647. The number of nitrogens with one attached hydrogen (secondary N) is 2. The van der Waals surface area contributed by atoms with Crippen LogP contribution in [0.2, 0.25) is 0 Å². The highest BCUT2D eigenvalue weighted by atomic mass is 32.2. The molecule has 0 spiro atoms. The summed E-state index contributed by atoms with van der Waals surface area (Å²) >= 11 is 0. The quantitative estimate of drug-likeness (QED) is 0.548. The smallest absolute Gasteiger partial charge is 0.240 e. The van der Waals surface area contributed by atoms with Gasteiger partial charge in [-0.05, 0) is 37.5 Å². The van der Waals surface area contributed by atoms with E-state index in [4.69, 9.17) is 10.5 Å². The van der Waals surface area contributed by atoms with Crippen LogP contribution in [0.4, 0.5) is 5.69 Å². The molecule has 1 amide bonds. The van der Waals surface area contributed by atoms with Crippen molar-refractivity contribution in [3.05, 3.63) is 24.3 Å². The Kier molecular flexibility index (Phi) is 9.05. The maximum Gasteiger partial charge on any atom is 0.240 e. The first kappa shape index (κ1) is 21.6. The molecule has 1 atom stereocenters. The molecule has 0 aliphatic heterocycles. The third-order valence-corrected chi connectivity index (χ3v) is 4.86. The van der Waals surface area contributed by atoms with E-state index in [0.29, 0.717) is 18.2 Å². The van der Waals surface area contributed by atoms with Crippen molar-refractivity contribution in [1.29, 1.82) is 0 Å². The minimum atomic E-state index is -3.63.